The minimum absolute atomic E-state index is 0.0237. The van der Waals surface area contributed by atoms with Gasteiger partial charge in [0.15, 0.2) is 0 Å². The zero-order chi connectivity index (χ0) is 13.9. The molecule has 1 heterocycles. The highest BCUT2D eigenvalue weighted by Crippen LogP contribution is 2.32. The first-order valence-electron chi connectivity index (χ1n) is 6.64. The van der Waals surface area contributed by atoms with Crippen LogP contribution in [-0.2, 0) is 0 Å². The molecular formula is C14H20N2O3. The van der Waals surface area contributed by atoms with E-state index >= 15 is 0 Å². The number of carboxylic acid groups (broad SMARTS) is 1. The van der Waals surface area contributed by atoms with Crippen LogP contribution < -0.4 is 5.32 Å². The van der Waals surface area contributed by atoms with Crippen LogP contribution in [0.25, 0.3) is 0 Å². The van der Waals surface area contributed by atoms with E-state index in [0.717, 1.165) is 24.9 Å². The van der Waals surface area contributed by atoms with Crippen molar-refractivity contribution in [2.75, 3.05) is 11.9 Å². The van der Waals surface area contributed by atoms with Crippen LogP contribution in [0.1, 0.15) is 43.1 Å². The van der Waals surface area contributed by atoms with Gasteiger partial charge in [0.2, 0.25) is 0 Å². The lowest BCUT2D eigenvalue weighted by Crippen LogP contribution is -2.41. The third-order valence-corrected chi connectivity index (χ3v) is 3.67. The second-order valence-corrected chi connectivity index (χ2v) is 5.52. The monoisotopic (exact) mass is 264 g/mol. The molecule has 1 aliphatic rings. The van der Waals surface area contributed by atoms with E-state index in [0.29, 0.717) is 12.5 Å². The van der Waals surface area contributed by atoms with Gasteiger partial charge in [-0.2, -0.15) is 0 Å². The van der Waals surface area contributed by atoms with E-state index in [1.165, 1.54) is 18.7 Å². The molecule has 0 amide bonds. The van der Waals surface area contributed by atoms with Crippen LogP contribution in [0.2, 0.25) is 0 Å². The number of carbonyl (C=O) groups is 1. The van der Waals surface area contributed by atoms with Crippen molar-refractivity contribution in [2.45, 2.75) is 38.2 Å². The summed E-state index contributed by atoms with van der Waals surface area (Å²) in [4.78, 5) is 14.5. The number of rotatable bonds is 4. The van der Waals surface area contributed by atoms with Crippen molar-refractivity contribution in [3.05, 3.63) is 24.0 Å². The maximum absolute atomic E-state index is 10.7. The number of aliphatic hydroxyl groups is 1. The molecule has 0 radical (unpaired) electrons. The SMILES string of the molecule is CC1CCCC(O)(CNc2ccc(C(=O)O)nc2)C1. The predicted molar refractivity (Wildman–Crippen MR) is 72.3 cm³/mol. The molecule has 5 nitrogen and oxygen atoms in total. The van der Waals surface area contributed by atoms with Crippen molar-refractivity contribution in [3.63, 3.8) is 0 Å². The van der Waals surface area contributed by atoms with E-state index in [4.69, 9.17) is 5.11 Å². The van der Waals surface area contributed by atoms with E-state index < -0.39 is 11.6 Å². The maximum Gasteiger partial charge on any atom is 0.354 e. The normalized spacial score (nSPS) is 26.9. The molecule has 2 unspecified atom stereocenters. The van der Waals surface area contributed by atoms with Gasteiger partial charge in [0.25, 0.3) is 0 Å². The van der Waals surface area contributed by atoms with Crippen molar-refractivity contribution < 1.29 is 15.0 Å². The highest BCUT2D eigenvalue weighted by Gasteiger charge is 2.32. The molecule has 104 valence electrons. The molecule has 19 heavy (non-hydrogen) atoms. The Morgan fingerprint density at radius 1 is 1.58 bits per heavy atom. The molecular weight excluding hydrogens is 244 g/mol. The van der Waals surface area contributed by atoms with Gasteiger partial charge < -0.3 is 15.5 Å². The molecule has 2 rings (SSSR count). The molecule has 3 N–H and O–H groups in total. The summed E-state index contributed by atoms with van der Waals surface area (Å²) in [5.41, 5.74) is 0.0931. The van der Waals surface area contributed by atoms with Gasteiger partial charge in [-0.25, -0.2) is 9.78 Å². The quantitative estimate of drug-likeness (QED) is 0.776. The lowest BCUT2D eigenvalue weighted by molar-refractivity contribution is -0.000776. The number of anilines is 1. The Kier molecular flexibility index (Phi) is 4.04. The van der Waals surface area contributed by atoms with Gasteiger partial charge in [0.05, 0.1) is 17.5 Å². The maximum atomic E-state index is 10.7. The summed E-state index contributed by atoms with van der Waals surface area (Å²) < 4.78 is 0. The number of nitrogens with one attached hydrogen (secondary N) is 1. The molecule has 1 fully saturated rings. The molecule has 0 spiro atoms. The first kappa shape index (κ1) is 13.8. The summed E-state index contributed by atoms with van der Waals surface area (Å²) in [6.45, 7) is 2.64. The summed E-state index contributed by atoms with van der Waals surface area (Å²) in [6.07, 6.45) is 5.33. The number of pyridine rings is 1. The number of hydrogen-bond donors (Lipinski definition) is 3. The Bertz CT molecular complexity index is 447. The highest BCUT2D eigenvalue weighted by molar-refractivity contribution is 5.85. The molecule has 1 aromatic rings. The Morgan fingerprint density at radius 3 is 2.95 bits per heavy atom. The van der Waals surface area contributed by atoms with Gasteiger partial charge in [-0.3, -0.25) is 0 Å². The number of aromatic carboxylic acids is 1. The number of nitrogens with zero attached hydrogens (tertiary/aromatic N) is 1. The second-order valence-electron chi connectivity index (χ2n) is 5.52. The van der Waals surface area contributed by atoms with Gasteiger partial charge in [-0.1, -0.05) is 19.8 Å². The largest absolute Gasteiger partial charge is 0.477 e. The average Bonchev–Trinajstić information content (AvgIpc) is 2.37. The van der Waals surface area contributed by atoms with Crippen LogP contribution in [0.5, 0.6) is 0 Å². The lowest BCUT2D eigenvalue weighted by Gasteiger charge is -2.35. The molecule has 1 saturated carbocycles. The van der Waals surface area contributed by atoms with Crippen LogP contribution in [-0.4, -0.2) is 33.3 Å². The van der Waals surface area contributed by atoms with Crippen LogP contribution in [0.3, 0.4) is 0 Å². The van der Waals surface area contributed by atoms with Crippen molar-refractivity contribution in [1.29, 1.82) is 0 Å². The van der Waals surface area contributed by atoms with E-state index in [2.05, 4.69) is 17.2 Å². The highest BCUT2D eigenvalue weighted by atomic mass is 16.4. The van der Waals surface area contributed by atoms with Gasteiger partial charge in [0, 0.05) is 6.54 Å². The number of aromatic nitrogens is 1. The molecule has 2 atom stereocenters. The molecule has 0 aromatic carbocycles. The zero-order valence-electron chi connectivity index (χ0n) is 11.1. The number of hydrogen-bond acceptors (Lipinski definition) is 4. The third kappa shape index (κ3) is 3.67. The zero-order valence-corrected chi connectivity index (χ0v) is 11.1. The second kappa shape index (κ2) is 5.57. The Labute approximate surface area is 112 Å². The van der Waals surface area contributed by atoms with Crippen LogP contribution in [0.4, 0.5) is 5.69 Å². The fourth-order valence-corrected chi connectivity index (χ4v) is 2.68. The molecule has 1 aromatic heterocycles. The van der Waals surface area contributed by atoms with E-state index in [1.807, 2.05) is 0 Å². The fraction of sp³-hybridized carbons (Fsp3) is 0.571. The lowest BCUT2D eigenvalue weighted by atomic mass is 9.79. The summed E-state index contributed by atoms with van der Waals surface area (Å²) in [6, 6.07) is 3.13. The van der Waals surface area contributed by atoms with Crippen molar-refractivity contribution in [2.24, 2.45) is 5.92 Å². The fourth-order valence-electron chi connectivity index (χ4n) is 2.68. The van der Waals surface area contributed by atoms with Gasteiger partial charge in [-0.05, 0) is 30.9 Å². The van der Waals surface area contributed by atoms with Crippen LogP contribution >= 0.6 is 0 Å². The summed E-state index contributed by atoms with van der Waals surface area (Å²) >= 11 is 0. The van der Waals surface area contributed by atoms with E-state index in [1.54, 1.807) is 6.07 Å². The predicted octanol–water partition coefficient (Wildman–Crippen LogP) is 2.13. The van der Waals surface area contributed by atoms with Crippen molar-refractivity contribution in [1.82, 2.24) is 4.98 Å². The third-order valence-electron chi connectivity index (χ3n) is 3.67. The molecule has 5 heteroatoms. The first-order valence-corrected chi connectivity index (χ1v) is 6.64. The Balaban J connectivity index is 1.92. The van der Waals surface area contributed by atoms with Gasteiger partial charge >= 0.3 is 5.97 Å². The van der Waals surface area contributed by atoms with Gasteiger partial charge in [0.1, 0.15) is 5.69 Å². The summed E-state index contributed by atoms with van der Waals surface area (Å²) in [5, 5.41) is 22.4. The van der Waals surface area contributed by atoms with Crippen molar-refractivity contribution in [3.8, 4) is 0 Å². The topological polar surface area (TPSA) is 82.5 Å². The first-order chi connectivity index (χ1) is 8.98. The average molecular weight is 264 g/mol. The molecule has 0 aliphatic heterocycles. The van der Waals surface area contributed by atoms with Crippen LogP contribution in [0, 0.1) is 5.92 Å². The molecule has 0 saturated heterocycles. The van der Waals surface area contributed by atoms with Crippen LogP contribution in [0.15, 0.2) is 18.3 Å². The Hall–Kier alpha value is -1.62. The molecule has 1 aliphatic carbocycles. The van der Waals surface area contributed by atoms with E-state index in [9.17, 15) is 9.90 Å². The summed E-state index contributed by atoms with van der Waals surface area (Å²) in [5.74, 6) is -0.487. The van der Waals surface area contributed by atoms with E-state index in [-0.39, 0.29) is 5.69 Å². The minimum atomic E-state index is -1.04. The minimum Gasteiger partial charge on any atom is -0.477 e. The standard InChI is InChI=1S/C14H20N2O3/c1-10-3-2-6-14(19,7-10)9-16-11-4-5-12(13(17)18)15-8-11/h4-5,8,10,16,19H,2-3,6-7,9H2,1H3,(H,17,18). The van der Waals surface area contributed by atoms with Gasteiger partial charge in [-0.15, -0.1) is 0 Å². The van der Waals surface area contributed by atoms with Crippen molar-refractivity contribution >= 4 is 11.7 Å². The summed E-state index contributed by atoms with van der Waals surface area (Å²) in [7, 11) is 0. The smallest absolute Gasteiger partial charge is 0.354 e. The number of carboxylic acids is 1. The Morgan fingerprint density at radius 2 is 2.37 bits per heavy atom. The molecule has 0 bridgehead atoms.